The molecule has 4 rings (SSSR count). The molecule has 0 atom stereocenters. The summed E-state index contributed by atoms with van der Waals surface area (Å²) in [6, 6.07) is 13.6. The predicted octanol–water partition coefficient (Wildman–Crippen LogP) is 4.20. The zero-order valence-electron chi connectivity index (χ0n) is 15.8. The third-order valence-corrected chi connectivity index (χ3v) is 4.53. The van der Waals surface area contributed by atoms with Gasteiger partial charge in [-0.3, -0.25) is 9.69 Å². The minimum atomic E-state index is 0. The number of carbonyl (C=O) groups excluding carboxylic acids is 1. The van der Waals surface area contributed by atoms with Crippen LogP contribution >= 0.6 is 0 Å². The summed E-state index contributed by atoms with van der Waals surface area (Å²) < 4.78 is 0. The first-order chi connectivity index (χ1) is 13.2. The summed E-state index contributed by atoms with van der Waals surface area (Å²) in [6.45, 7) is 5.97. The van der Waals surface area contributed by atoms with E-state index in [2.05, 4.69) is 10.2 Å². The number of phenols is 2. The Bertz CT molecular complexity index is 639. The Kier molecular flexibility index (Phi) is 11.6. The SMILES string of the molecule is C.C1CCNC1.O=Cc1ccc(O)cc1.Oc1ccc(CN2CCCC2)cc1. The van der Waals surface area contributed by atoms with Crippen LogP contribution in [0.15, 0.2) is 48.5 Å². The van der Waals surface area contributed by atoms with Gasteiger partial charge in [0.25, 0.3) is 0 Å². The minimum absolute atomic E-state index is 0. The van der Waals surface area contributed by atoms with E-state index in [1.54, 1.807) is 24.3 Å². The van der Waals surface area contributed by atoms with Gasteiger partial charge in [0.05, 0.1) is 0 Å². The molecule has 0 spiro atoms. The van der Waals surface area contributed by atoms with E-state index in [4.69, 9.17) is 10.2 Å². The highest BCUT2D eigenvalue weighted by Crippen LogP contribution is 2.15. The van der Waals surface area contributed by atoms with E-state index < -0.39 is 0 Å². The van der Waals surface area contributed by atoms with E-state index in [1.807, 2.05) is 12.1 Å². The lowest BCUT2D eigenvalue weighted by Gasteiger charge is -2.14. The summed E-state index contributed by atoms with van der Waals surface area (Å²) in [5, 5.41) is 21.1. The smallest absolute Gasteiger partial charge is 0.150 e. The number of phenolic OH excluding ortho intramolecular Hbond substituents is 2. The Morgan fingerprint density at radius 3 is 1.75 bits per heavy atom. The summed E-state index contributed by atoms with van der Waals surface area (Å²) in [5.41, 5.74) is 1.87. The molecule has 2 saturated heterocycles. The standard InChI is InChI=1S/C11H15NO.C7H6O2.C4H9N.CH4/c13-11-5-3-10(4-6-11)9-12-7-1-2-8-12;8-5-6-1-3-7(9)4-2-6;1-2-4-5-3-1;/h3-6,13H,1-2,7-9H2;1-5,9H;5H,1-4H2;1H4. The van der Waals surface area contributed by atoms with Gasteiger partial charge in [0.1, 0.15) is 17.8 Å². The van der Waals surface area contributed by atoms with Crippen LogP contribution in [-0.4, -0.2) is 47.6 Å². The van der Waals surface area contributed by atoms with Crippen LogP contribution in [0.25, 0.3) is 0 Å². The van der Waals surface area contributed by atoms with Gasteiger partial charge >= 0.3 is 0 Å². The van der Waals surface area contributed by atoms with Crippen LogP contribution in [0.5, 0.6) is 11.5 Å². The fourth-order valence-corrected chi connectivity index (χ4v) is 2.98. The summed E-state index contributed by atoms with van der Waals surface area (Å²) in [7, 11) is 0. The largest absolute Gasteiger partial charge is 0.508 e. The molecule has 0 amide bonds. The number of nitrogens with one attached hydrogen (secondary N) is 1. The first kappa shape index (κ1) is 23.7. The molecule has 0 aromatic heterocycles. The zero-order chi connectivity index (χ0) is 19.3. The number of hydrogen-bond acceptors (Lipinski definition) is 5. The molecular weight excluding hydrogens is 352 g/mol. The number of hydrogen-bond donors (Lipinski definition) is 3. The van der Waals surface area contributed by atoms with Gasteiger partial charge in [0.2, 0.25) is 0 Å². The van der Waals surface area contributed by atoms with E-state index in [9.17, 15) is 4.79 Å². The Morgan fingerprint density at radius 2 is 1.32 bits per heavy atom. The van der Waals surface area contributed by atoms with E-state index >= 15 is 0 Å². The maximum absolute atomic E-state index is 10.0. The predicted molar refractivity (Wildman–Crippen MR) is 115 cm³/mol. The molecule has 154 valence electrons. The average Bonchev–Trinajstić information content (AvgIpc) is 3.41. The van der Waals surface area contributed by atoms with Gasteiger partial charge in [-0.2, -0.15) is 0 Å². The van der Waals surface area contributed by atoms with Crippen molar-refractivity contribution in [1.82, 2.24) is 10.2 Å². The topological polar surface area (TPSA) is 72.8 Å². The Labute approximate surface area is 169 Å². The fourth-order valence-electron chi connectivity index (χ4n) is 2.98. The number of carbonyl (C=O) groups is 1. The second kappa shape index (κ2) is 13.7. The van der Waals surface area contributed by atoms with Crippen molar-refractivity contribution in [3.63, 3.8) is 0 Å². The van der Waals surface area contributed by atoms with Crippen LogP contribution in [-0.2, 0) is 6.54 Å². The fraction of sp³-hybridized carbons (Fsp3) is 0.435. The Morgan fingerprint density at radius 1 is 0.821 bits per heavy atom. The van der Waals surface area contributed by atoms with Gasteiger partial charge in [-0.1, -0.05) is 19.6 Å². The number of likely N-dealkylation sites (tertiary alicyclic amines) is 1. The van der Waals surface area contributed by atoms with Crippen molar-refractivity contribution in [2.45, 2.75) is 39.7 Å². The van der Waals surface area contributed by atoms with Crippen molar-refractivity contribution >= 4 is 6.29 Å². The lowest BCUT2D eigenvalue weighted by atomic mass is 10.2. The van der Waals surface area contributed by atoms with Gasteiger partial charge in [0.15, 0.2) is 0 Å². The summed E-state index contributed by atoms with van der Waals surface area (Å²) in [4.78, 5) is 12.5. The summed E-state index contributed by atoms with van der Waals surface area (Å²) >= 11 is 0. The number of rotatable bonds is 3. The first-order valence-corrected chi connectivity index (χ1v) is 9.62. The van der Waals surface area contributed by atoms with Crippen molar-refractivity contribution in [3.05, 3.63) is 59.7 Å². The quantitative estimate of drug-likeness (QED) is 0.690. The molecule has 0 bridgehead atoms. The van der Waals surface area contributed by atoms with Gasteiger partial charge in [0, 0.05) is 12.1 Å². The van der Waals surface area contributed by atoms with Crippen molar-refractivity contribution < 1.29 is 15.0 Å². The van der Waals surface area contributed by atoms with Crippen LogP contribution in [0.3, 0.4) is 0 Å². The van der Waals surface area contributed by atoms with Crippen LogP contribution in [0.4, 0.5) is 0 Å². The molecule has 0 aliphatic carbocycles. The monoisotopic (exact) mass is 386 g/mol. The molecule has 0 unspecified atom stereocenters. The van der Waals surface area contributed by atoms with E-state index in [0.29, 0.717) is 11.3 Å². The second-order valence-corrected chi connectivity index (χ2v) is 6.82. The molecule has 2 aromatic rings. The van der Waals surface area contributed by atoms with Crippen molar-refractivity contribution in [3.8, 4) is 11.5 Å². The van der Waals surface area contributed by atoms with E-state index in [0.717, 1.165) is 12.8 Å². The van der Waals surface area contributed by atoms with Crippen LogP contribution in [0, 0.1) is 0 Å². The van der Waals surface area contributed by atoms with Gasteiger partial charge in [-0.15, -0.1) is 0 Å². The van der Waals surface area contributed by atoms with Gasteiger partial charge in [-0.25, -0.2) is 0 Å². The van der Waals surface area contributed by atoms with Crippen molar-refractivity contribution in [2.24, 2.45) is 0 Å². The maximum Gasteiger partial charge on any atom is 0.150 e. The molecule has 2 fully saturated rings. The molecule has 2 aliphatic rings. The molecule has 3 N–H and O–H groups in total. The van der Waals surface area contributed by atoms with Crippen LogP contribution in [0.2, 0.25) is 0 Å². The Balaban J connectivity index is 0.000000227. The number of aromatic hydroxyl groups is 2. The molecule has 2 aliphatic heterocycles. The molecule has 2 aromatic carbocycles. The average molecular weight is 387 g/mol. The van der Waals surface area contributed by atoms with E-state index in [1.165, 1.54) is 69.6 Å². The highest BCUT2D eigenvalue weighted by atomic mass is 16.3. The minimum Gasteiger partial charge on any atom is -0.508 e. The normalized spacial score (nSPS) is 15.4. The second-order valence-electron chi connectivity index (χ2n) is 6.82. The van der Waals surface area contributed by atoms with Crippen molar-refractivity contribution in [1.29, 1.82) is 0 Å². The van der Waals surface area contributed by atoms with Gasteiger partial charge < -0.3 is 15.5 Å². The third kappa shape index (κ3) is 9.53. The third-order valence-electron chi connectivity index (χ3n) is 4.53. The summed E-state index contributed by atoms with van der Waals surface area (Å²) in [6.07, 6.45) is 6.18. The van der Waals surface area contributed by atoms with Crippen molar-refractivity contribution in [2.75, 3.05) is 26.2 Å². The maximum atomic E-state index is 10.0. The van der Waals surface area contributed by atoms with Crippen LogP contribution in [0.1, 0.15) is 49.0 Å². The highest BCUT2D eigenvalue weighted by molar-refractivity contribution is 5.74. The molecular formula is C23H34N2O3. The molecule has 5 heteroatoms. The first-order valence-electron chi connectivity index (χ1n) is 9.62. The molecule has 28 heavy (non-hydrogen) atoms. The molecule has 0 saturated carbocycles. The zero-order valence-corrected chi connectivity index (χ0v) is 15.8. The number of benzene rings is 2. The molecule has 5 nitrogen and oxygen atoms in total. The number of aldehydes is 1. The molecule has 2 heterocycles. The number of nitrogens with zero attached hydrogens (tertiary/aromatic N) is 1. The lowest BCUT2D eigenvalue weighted by Crippen LogP contribution is -2.18. The van der Waals surface area contributed by atoms with E-state index in [-0.39, 0.29) is 13.2 Å². The highest BCUT2D eigenvalue weighted by Gasteiger charge is 2.11. The lowest BCUT2D eigenvalue weighted by molar-refractivity contribution is 0.112. The molecule has 0 radical (unpaired) electrons. The Hall–Kier alpha value is -2.37. The van der Waals surface area contributed by atoms with Crippen LogP contribution < -0.4 is 5.32 Å². The van der Waals surface area contributed by atoms with Gasteiger partial charge in [-0.05, 0) is 93.8 Å². The summed E-state index contributed by atoms with van der Waals surface area (Å²) in [5.74, 6) is 0.533.